The number of hydrogen-bond donors (Lipinski definition) is 2. The Morgan fingerprint density at radius 2 is 1.92 bits per heavy atom. The standard InChI is InChI=1S/C18H26N4OS.HI/c1-19-18(20-12-14-7-9-15(23-4)10-8-14)21-13-16(22(2)3)17-6-5-11-24-17;/h5-11,16H,12-13H2,1-4H3,(H2,19,20,21);1H. The minimum Gasteiger partial charge on any atom is -0.497 e. The fourth-order valence-corrected chi connectivity index (χ4v) is 3.28. The number of ether oxygens (including phenoxy) is 1. The zero-order chi connectivity index (χ0) is 17.4. The van der Waals surface area contributed by atoms with E-state index in [4.69, 9.17) is 4.74 Å². The van der Waals surface area contributed by atoms with E-state index < -0.39 is 0 Å². The highest BCUT2D eigenvalue weighted by atomic mass is 127. The Kier molecular flexibility index (Phi) is 9.84. The molecule has 7 heteroatoms. The number of nitrogens with zero attached hydrogens (tertiary/aromatic N) is 2. The second-order valence-corrected chi connectivity index (χ2v) is 6.63. The van der Waals surface area contributed by atoms with Gasteiger partial charge in [0, 0.05) is 25.0 Å². The molecule has 1 aromatic carbocycles. The third-order valence-corrected chi connectivity index (χ3v) is 4.77. The summed E-state index contributed by atoms with van der Waals surface area (Å²) in [4.78, 5) is 7.87. The number of benzene rings is 1. The first kappa shape index (κ1) is 21.7. The quantitative estimate of drug-likeness (QED) is 0.367. The molecule has 138 valence electrons. The molecular weight excluding hydrogens is 447 g/mol. The predicted molar refractivity (Wildman–Crippen MR) is 117 cm³/mol. The summed E-state index contributed by atoms with van der Waals surface area (Å²) in [5.41, 5.74) is 1.18. The summed E-state index contributed by atoms with van der Waals surface area (Å²) >= 11 is 1.78. The van der Waals surface area contributed by atoms with Crippen LogP contribution in [0.2, 0.25) is 0 Å². The maximum absolute atomic E-state index is 5.18. The summed E-state index contributed by atoms with van der Waals surface area (Å²) in [6.45, 7) is 1.52. The van der Waals surface area contributed by atoms with Crippen LogP contribution in [0.5, 0.6) is 5.75 Å². The molecule has 0 saturated carbocycles. The van der Waals surface area contributed by atoms with E-state index in [0.29, 0.717) is 6.04 Å². The van der Waals surface area contributed by atoms with Gasteiger partial charge in [0.05, 0.1) is 13.2 Å². The highest BCUT2D eigenvalue weighted by molar-refractivity contribution is 14.0. The molecule has 1 atom stereocenters. The Morgan fingerprint density at radius 1 is 1.20 bits per heavy atom. The van der Waals surface area contributed by atoms with Crippen LogP contribution < -0.4 is 15.4 Å². The van der Waals surface area contributed by atoms with Crippen LogP contribution in [0.25, 0.3) is 0 Å². The zero-order valence-corrected chi connectivity index (χ0v) is 18.3. The molecule has 2 rings (SSSR count). The van der Waals surface area contributed by atoms with Crippen LogP contribution in [0, 0.1) is 0 Å². The van der Waals surface area contributed by atoms with Gasteiger partial charge in [0.15, 0.2) is 5.96 Å². The van der Waals surface area contributed by atoms with Gasteiger partial charge >= 0.3 is 0 Å². The number of thiophene rings is 1. The van der Waals surface area contributed by atoms with E-state index >= 15 is 0 Å². The molecule has 25 heavy (non-hydrogen) atoms. The van der Waals surface area contributed by atoms with E-state index in [-0.39, 0.29) is 24.0 Å². The lowest BCUT2D eigenvalue weighted by atomic mass is 10.2. The number of likely N-dealkylation sites (N-methyl/N-ethyl adjacent to an activating group) is 1. The van der Waals surface area contributed by atoms with E-state index in [9.17, 15) is 0 Å². The first-order chi connectivity index (χ1) is 11.6. The van der Waals surface area contributed by atoms with E-state index in [1.165, 1.54) is 10.4 Å². The Labute approximate surface area is 171 Å². The van der Waals surface area contributed by atoms with Crippen molar-refractivity contribution in [1.29, 1.82) is 0 Å². The van der Waals surface area contributed by atoms with Gasteiger partial charge in [-0.25, -0.2) is 0 Å². The van der Waals surface area contributed by atoms with E-state index in [1.807, 2.05) is 24.3 Å². The van der Waals surface area contributed by atoms with Gasteiger partial charge in [-0.1, -0.05) is 18.2 Å². The van der Waals surface area contributed by atoms with Crippen molar-refractivity contribution >= 4 is 41.3 Å². The van der Waals surface area contributed by atoms with Gasteiger partial charge in [-0.2, -0.15) is 0 Å². The number of hydrogen-bond acceptors (Lipinski definition) is 4. The molecule has 0 spiro atoms. The average Bonchev–Trinajstić information content (AvgIpc) is 3.12. The Bertz CT molecular complexity index is 629. The third-order valence-electron chi connectivity index (χ3n) is 3.80. The van der Waals surface area contributed by atoms with Gasteiger partial charge in [-0.05, 0) is 43.2 Å². The van der Waals surface area contributed by atoms with Crippen LogP contribution in [-0.2, 0) is 6.54 Å². The van der Waals surface area contributed by atoms with Gasteiger partial charge in [0.1, 0.15) is 5.75 Å². The zero-order valence-electron chi connectivity index (χ0n) is 15.2. The normalized spacial score (nSPS) is 12.4. The van der Waals surface area contributed by atoms with Crippen LogP contribution in [0.4, 0.5) is 0 Å². The van der Waals surface area contributed by atoms with Gasteiger partial charge < -0.3 is 20.3 Å². The van der Waals surface area contributed by atoms with E-state index in [2.05, 4.69) is 52.1 Å². The first-order valence-electron chi connectivity index (χ1n) is 7.91. The maximum atomic E-state index is 5.18. The lowest BCUT2D eigenvalue weighted by molar-refractivity contribution is 0.302. The average molecular weight is 474 g/mol. The molecule has 2 aromatic rings. The third kappa shape index (κ3) is 6.83. The summed E-state index contributed by atoms with van der Waals surface area (Å²) in [5.74, 6) is 1.67. The number of guanidine groups is 1. The van der Waals surface area contributed by atoms with E-state index in [0.717, 1.165) is 24.8 Å². The summed E-state index contributed by atoms with van der Waals surface area (Å²) in [5, 5.41) is 8.87. The van der Waals surface area contributed by atoms with Gasteiger partial charge in [-0.15, -0.1) is 35.3 Å². The monoisotopic (exact) mass is 474 g/mol. The Balaban J connectivity index is 0.00000312. The lowest BCUT2D eigenvalue weighted by Crippen LogP contribution is -2.41. The molecule has 0 aliphatic heterocycles. The minimum absolute atomic E-state index is 0. The Hall–Kier alpha value is -1.32. The number of methoxy groups -OCH3 is 1. The first-order valence-corrected chi connectivity index (χ1v) is 8.79. The van der Waals surface area contributed by atoms with Gasteiger partial charge in [0.25, 0.3) is 0 Å². The Morgan fingerprint density at radius 3 is 2.44 bits per heavy atom. The molecule has 1 heterocycles. The molecular formula is C18H27IN4OS. The van der Waals surface area contributed by atoms with Crippen molar-refractivity contribution in [2.45, 2.75) is 12.6 Å². The smallest absolute Gasteiger partial charge is 0.191 e. The second-order valence-electron chi connectivity index (χ2n) is 5.65. The van der Waals surface area contributed by atoms with Crippen molar-refractivity contribution in [2.24, 2.45) is 4.99 Å². The molecule has 0 fully saturated rings. The second kappa shape index (κ2) is 11.3. The molecule has 0 bridgehead atoms. The maximum Gasteiger partial charge on any atom is 0.191 e. The summed E-state index contributed by atoms with van der Waals surface area (Å²) in [7, 11) is 7.66. The van der Waals surface area contributed by atoms with Crippen LogP contribution in [0.1, 0.15) is 16.5 Å². The SMILES string of the molecule is CN=C(NCc1ccc(OC)cc1)NCC(c1cccs1)N(C)C.I. The molecule has 0 amide bonds. The fraction of sp³-hybridized carbons (Fsp3) is 0.389. The number of rotatable bonds is 7. The minimum atomic E-state index is 0. The molecule has 1 unspecified atom stereocenters. The molecule has 0 saturated heterocycles. The molecule has 2 N–H and O–H groups in total. The highest BCUT2D eigenvalue weighted by Gasteiger charge is 2.15. The number of aliphatic imine (C=N–C) groups is 1. The topological polar surface area (TPSA) is 48.9 Å². The van der Waals surface area contributed by atoms with E-state index in [1.54, 1.807) is 25.5 Å². The largest absolute Gasteiger partial charge is 0.497 e. The van der Waals surface area contributed by atoms with Gasteiger partial charge in [-0.3, -0.25) is 4.99 Å². The fourth-order valence-electron chi connectivity index (χ4n) is 2.36. The number of halogens is 1. The van der Waals surface area contributed by atoms with Crippen LogP contribution >= 0.6 is 35.3 Å². The molecule has 0 aliphatic carbocycles. The van der Waals surface area contributed by atoms with Crippen LogP contribution in [0.3, 0.4) is 0 Å². The van der Waals surface area contributed by atoms with Crippen molar-refractivity contribution in [2.75, 3.05) is 34.8 Å². The van der Waals surface area contributed by atoms with Crippen molar-refractivity contribution < 1.29 is 4.74 Å². The summed E-state index contributed by atoms with van der Waals surface area (Å²) in [6.07, 6.45) is 0. The highest BCUT2D eigenvalue weighted by Crippen LogP contribution is 2.22. The van der Waals surface area contributed by atoms with Crippen LogP contribution in [-0.4, -0.2) is 45.7 Å². The van der Waals surface area contributed by atoms with Crippen molar-refractivity contribution in [3.8, 4) is 5.75 Å². The molecule has 0 aliphatic rings. The predicted octanol–water partition coefficient (Wildman–Crippen LogP) is 3.34. The molecule has 5 nitrogen and oxygen atoms in total. The lowest BCUT2D eigenvalue weighted by Gasteiger charge is -2.24. The van der Waals surface area contributed by atoms with Crippen molar-refractivity contribution in [3.05, 3.63) is 52.2 Å². The summed E-state index contributed by atoms with van der Waals surface area (Å²) < 4.78 is 5.18. The molecule has 1 aromatic heterocycles. The van der Waals surface area contributed by atoms with Crippen molar-refractivity contribution in [3.63, 3.8) is 0 Å². The summed E-state index contributed by atoms with van der Waals surface area (Å²) in [6, 6.07) is 12.6. The molecule has 0 radical (unpaired) electrons. The van der Waals surface area contributed by atoms with Gasteiger partial charge in [0.2, 0.25) is 0 Å². The van der Waals surface area contributed by atoms with Crippen molar-refractivity contribution in [1.82, 2.24) is 15.5 Å². The number of nitrogens with one attached hydrogen (secondary N) is 2. The van der Waals surface area contributed by atoms with Crippen LogP contribution in [0.15, 0.2) is 46.8 Å².